The fraction of sp³-hybridized carbons (Fsp3) is 0.545. The van der Waals surface area contributed by atoms with Crippen LogP contribution in [0.5, 0.6) is 12.0 Å². The zero-order valence-electron chi connectivity index (χ0n) is 40.1. The molecule has 372 valence electrons. The second kappa shape index (κ2) is 20.7. The maximum Gasteiger partial charge on any atom is 0.323 e. The Morgan fingerprint density at radius 2 is 0.897 bits per heavy atom. The van der Waals surface area contributed by atoms with Crippen LogP contribution in [-0.4, -0.2) is 131 Å². The Hall–Kier alpha value is -5.34. The lowest BCUT2D eigenvalue weighted by molar-refractivity contribution is 0.140. The maximum absolute atomic E-state index is 12.8. The summed E-state index contributed by atoms with van der Waals surface area (Å²) in [5, 5.41) is 20.1. The molecule has 24 heteroatoms. The van der Waals surface area contributed by atoms with E-state index in [-0.39, 0.29) is 119 Å². The molecule has 6 rings (SSSR count). The number of hydrogen-bond acceptors (Lipinski definition) is 20. The van der Waals surface area contributed by atoms with E-state index in [2.05, 4.69) is 117 Å². The highest BCUT2D eigenvalue weighted by Crippen LogP contribution is 2.33. The second-order valence-electron chi connectivity index (χ2n) is 19.5. The standard InChI is InChI=1S/C44H64N12O10S2/c1-41(2)23-31(24-42(3,4)55-41)47-37-49-35(51-39(53-37)65-19-17-63-9)45-29-15-13-27(33(21-29)67(57,58)59)11-12-28-14-16-30(22-34(28)68(60,61)62)46-36-50-38(54-40(52-36)66-20-18-64-10)48-32-25-43(5,6)56-44(7,8)26-32/h11-16,21-22,31-32,55-56H,17-20,23-26H2,1-10H3,(H,57,58,59)(H,60,61,62)(H2,45,47,49,51,53)(H2,46,48,50,52,54). The molecule has 2 aliphatic rings. The molecule has 68 heavy (non-hydrogen) atoms. The molecule has 0 amide bonds. The zero-order chi connectivity index (χ0) is 49.7. The minimum Gasteiger partial charge on any atom is -0.461 e. The summed E-state index contributed by atoms with van der Waals surface area (Å²) >= 11 is 0. The predicted octanol–water partition coefficient (Wildman–Crippen LogP) is 5.70. The van der Waals surface area contributed by atoms with Gasteiger partial charge in [-0.2, -0.15) is 46.7 Å². The number of ether oxygens (including phenoxy) is 4. The Bertz CT molecular complexity index is 2470. The van der Waals surface area contributed by atoms with E-state index in [1.165, 1.54) is 62.8 Å². The number of nitrogens with one attached hydrogen (secondary N) is 6. The van der Waals surface area contributed by atoms with Crippen LogP contribution in [-0.2, 0) is 29.7 Å². The molecule has 0 spiro atoms. The molecule has 2 fully saturated rings. The molecular weight excluding hydrogens is 921 g/mol. The number of methoxy groups -OCH3 is 2. The molecule has 0 bridgehead atoms. The summed E-state index contributed by atoms with van der Waals surface area (Å²) in [6, 6.07) is 8.13. The third-order valence-corrected chi connectivity index (χ3v) is 12.7. The quantitative estimate of drug-likeness (QED) is 0.0299. The van der Waals surface area contributed by atoms with E-state index in [1.807, 2.05) is 0 Å². The van der Waals surface area contributed by atoms with Crippen molar-refractivity contribution in [2.24, 2.45) is 0 Å². The summed E-state index contributed by atoms with van der Waals surface area (Å²) < 4.78 is 93.6. The number of piperidine rings is 2. The fourth-order valence-corrected chi connectivity index (χ4v) is 10.5. The number of anilines is 6. The predicted molar refractivity (Wildman–Crippen MR) is 258 cm³/mol. The summed E-state index contributed by atoms with van der Waals surface area (Å²) in [5.74, 6) is 0.499. The van der Waals surface area contributed by atoms with Gasteiger partial charge in [-0.05, 0) is 116 Å². The lowest BCUT2D eigenvalue weighted by Crippen LogP contribution is -2.60. The molecule has 2 aromatic carbocycles. The molecule has 0 radical (unpaired) electrons. The van der Waals surface area contributed by atoms with E-state index < -0.39 is 30.0 Å². The third-order valence-electron chi connectivity index (χ3n) is 10.9. The van der Waals surface area contributed by atoms with Crippen LogP contribution < -0.4 is 41.4 Å². The van der Waals surface area contributed by atoms with Gasteiger partial charge in [-0.3, -0.25) is 9.11 Å². The van der Waals surface area contributed by atoms with E-state index in [1.54, 1.807) is 0 Å². The summed E-state index contributed by atoms with van der Waals surface area (Å²) in [5.41, 5.74) is -0.342. The first-order valence-corrected chi connectivity index (χ1v) is 24.9. The highest BCUT2D eigenvalue weighted by atomic mass is 32.2. The van der Waals surface area contributed by atoms with Gasteiger partial charge in [-0.15, -0.1) is 0 Å². The summed E-state index contributed by atoms with van der Waals surface area (Å²) in [6.07, 6.45) is 5.66. The highest BCUT2D eigenvalue weighted by Gasteiger charge is 2.39. The van der Waals surface area contributed by atoms with Crippen molar-refractivity contribution in [1.82, 2.24) is 40.5 Å². The third kappa shape index (κ3) is 15.1. The van der Waals surface area contributed by atoms with Crippen molar-refractivity contribution in [1.29, 1.82) is 0 Å². The van der Waals surface area contributed by atoms with E-state index in [4.69, 9.17) is 18.9 Å². The van der Waals surface area contributed by atoms with Gasteiger partial charge < -0.3 is 50.8 Å². The Morgan fingerprint density at radius 1 is 0.559 bits per heavy atom. The molecule has 4 aromatic rings. The molecule has 4 heterocycles. The molecular formula is C44H64N12O10S2. The molecule has 0 aliphatic carbocycles. The number of benzene rings is 2. The van der Waals surface area contributed by atoms with Gasteiger partial charge >= 0.3 is 12.0 Å². The lowest BCUT2D eigenvalue weighted by atomic mass is 9.79. The van der Waals surface area contributed by atoms with Crippen molar-refractivity contribution < 1.29 is 44.9 Å². The minimum absolute atomic E-state index is 0.00675. The Kier molecular flexibility index (Phi) is 15.9. The fourth-order valence-electron chi connectivity index (χ4n) is 9.11. The van der Waals surface area contributed by atoms with Crippen molar-refractivity contribution in [3.05, 3.63) is 47.5 Å². The van der Waals surface area contributed by atoms with Crippen LogP contribution in [0.4, 0.5) is 35.2 Å². The van der Waals surface area contributed by atoms with Crippen LogP contribution >= 0.6 is 0 Å². The topological polar surface area (TPSA) is 295 Å². The summed E-state index contributed by atoms with van der Waals surface area (Å²) in [4.78, 5) is 25.7. The van der Waals surface area contributed by atoms with Crippen molar-refractivity contribution in [2.45, 2.75) is 125 Å². The van der Waals surface area contributed by atoms with Crippen LogP contribution in [0.15, 0.2) is 46.2 Å². The van der Waals surface area contributed by atoms with E-state index >= 15 is 0 Å². The molecule has 0 unspecified atom stereocenters. The Balaban J connectivity index is 1.26. The largest absolute Gasteiger partial charge is 0.461 e. The van der Waals surface area contributed by atoms with Gasteiger partial charge in [0.15, 0.2) is 0 Å². The highest BCUT2D eigenvalue weighted by molar-refractivity contribution is 7.86. The van der Waals surface area contributed by atoms with Gasteiger partial charge in [0.25, 0.3) is 20.2 Å². The minimum atomic E-state index is -4.86. The van der Waals surface area contributed by atoms with Gasteiger partial charge in [0.05, 0.1) is 13.2 Å². The van der Waals surface area contributed by atoms with Crippen molar-refractivity contribution >= 4 is 67.6 Å². The van der Waals surface area contributed by atoms with E-state index in [0.29, 0.717) is 0 Å². The van der Waals surface area contributed by atoms with Crippen LogP contribution in [0, 0.1) is 0 Å². The lowest BCUT2D eigenvalue weighted by Gasteiger charge is -2.46. The summed E-state index contributed by atoms with van der Waals surface area (Å²) in [6.45, 7) is 17.8. The second-order valence-corrected chi connectivity index (χ2v) is 22.3. The Morgan fingerprint density at radius 3 is 1.22 bits per heavy atom. The smallest absolute Gasteiger partial charge is 0.323 e. The van der Waals surface area contributed by atoms with Gasteiger partial charge in [0.2, 0.25) is 23.8 Å². The average Bonchev–Trinajstić information content (AvgIpc) is 3.17. The molecule has 8 N–H and O–H groups in total. The van der Waals surface area contributed by atoms with E-state index in [0.717, 1.165) is 25.7 Å². The number of aromatic nitrogens is 6. The van der Waals surface area contributed by atoms with Crippen LogP contribution in [0.1, 0.15) is 92.2 Å². The molecule has 0 atom stereocenters. The van der Waals surface area contributed by atoms with Gasteiger partial charge in [-0.25, -0.2) is 0 Å². The van der Waals surface area contributed by atoms with Crippen molar-refractivity contribution in [3.8, 4) is 12.0 Å². The maximum atomic E-state index is 12.8. The number of hydrogen-bond donors (Lipinski definition) is 8. The summed E-state index contributed by atoms with van der Waals surface area (Å²) in [7, 11) is -6.66. The van der Waals surface area contributed by atoms with Gasteiger partial charge in [0, 0.05) is 59.8 Å². The SMILES string of the molecule is COCCOc1nc(Nc2ccc(C=Cc3ccc(Nc4nc(NC5CC(C)(C)NC(C)(C)C5)nc(OCCOC)n4)cc3S(=O)(=O)O)c(S(=O)(=O)O)c2)nc(NC2CC(C)(C)NC(C)(C)C2)n1. The number of nitrogens with zero attached hydrogens (tertiary/aromatic N) is 6. The molecule has 0 saturated carbocycles. The van der Waals surface area contributed by atoms with Crippen molar-refractivity contribution in [3.63, 3.8) is 0 Å². The molecule has 2 aliphatic heterocycles. The molecule has 22 nitrogen and oxygen atoms in total. The van der Waals surface area contributed by atoms with E-state index in [9.17, 15) is 25.9 Å². The average molecular weight is 985 g/mol. The van der Waals surface area contributed by atoms with Crippen LogP contribution in [0.3, 0.4) is 0 Å². The zero-order valence-corrected chi connectivity index (χ0v) is 41.7. The molecule has 2 saturated heterocycles. The normalized spacial score (nSPS) is 18.2. The Labute approximate surface area is 398 Å². The first-order chi connectivity index (χ1) is 31.7. The van der Waals surface area contributed by atoms with Gasteiger partial charge in [0.1, 0.15) is 23.0 Å². The first-order valence-electron chi connectivity index (χ1n) is 22.0. The molecule has 2 aromatic heterocycles. The number of rotatable bonds is 20. The first kappa shape index (κ1) is 52.0. The monoisotopic (exact) mass is 984 g/mol. The van der Waals surface area contributed by atoms with Crippen molar-refractivity contribution in [2.75, 3.05) is 61.9 Å². The van der Waals surface area contributed by atoms with Crippen LogP contribution in [0.2, 0.25) is 0 Å². The van der Waals surface area contributed by atoms with Crippen LogP contribution in [0.25, 0.3) is 12.2 Å². The van der Waals surface area contributed by atoms with Gasteiger partial charge in [-0.1, -0.05) is 24.3 Å².